The van der Waals surface area contributed by atoms with Crippen molar-refractivity contribution in [2.45, 2.75) is 45.4 Å². The zero-order valence-corrected chi connectivity index (χ0v) is 18.5. The normalized spacial score (nSPS) is 11.6. The zero-order valence-electron chi connectivity index (χ0n) is 18.5. The van der Waals surface area contributed by atoms with Gasteiger partial charge in [0.1, 0.15) is 5.75 Å². The minimum absolute atomic E-state index is 0.0719. The van der Waals surface area contributed by atoms with Crippen molar-refractivity contribution < 1.29 is 9.13 Å². The molecule has 0 aliphatic carbocycles. The second kappa shape index (κ2) is 8.93. The molecule has 4 aromatic rings. The maximum absolute atomic E-state index is 14.2. The average molecular weight is 413 g/mol. The first-order valence-corrected chi connectivity index (χ1v) is 10.9. The summed E-state index contributed by atoms with van der Waals surface area (Å²) in [7, 11) is 0. The van der Waals surface area contributed by atoms with Gasteiger partial charge in [-0.15, -0.1) is 0 Å². The molecule has 4 aromatic carbocycles. The van der Waals surface area contributed by atoms with E-state index in [4.69, 9.17) is 4.74 Å². The molecule has 1 nitrogen and oxygen atoms in total. The lowest BCUT2D eigenvalue weighted by Crippen LogP contribution is -2.17. The summed E-state index contributed by atoms with van der Waals surface area (Å²) >= 11 is 0. The molecule has 0 amide bonds. The summed E-state index contributed by atoms with van der Waals surface area (Å²) < 4.78 is 20.0. The van der Waals surface area contributed by atoms with Gasteiger partial charge in [-0.2, -0.15) is 0 Å². The molecule has 0 fully saturated rings. The van der Waals surface area contributed by atoms with E-state index >= 15 is 0 Å². The van der Waals surface area contributed by atoms with Crippen LogP contribution in [0.15, 0.2) is 84.9 Å². The van der Waals surface area contributed by atoms with Crippen LogP contribution in [-0.4, -0.2) is 0 Å². The Hall–Kier alpha value is -3.13. The fraction of sp³-hybridized carbons (Fsp3) is 0.241. The lowest BCUT2D eigenvalue weighted by molar-refractivity contribution is 0.439. The van der Waals surface area contributed by atoms with Gasteiger partial charge >= 0.3 is 0 Å². The van der Waals surface area contributed by atoms with Gasteiger partial charge in [-0.05, 0) is 77.8 Å². The van der Waals surface area contributed by atoms with Gasteiger partial charge in [-0.25, -0.2) is 4.39 Å². The summed E-state index contributed by atoms with van der Waals surface area (Å²) in [5, 5.41) is 2.58. The van der Waals surface area contributed by atoms with Gasteiger partial charge in [0.25, 0.3) is 0 Å². The Bertz CT molecular complexity index is 1180. The SMILES string of the molecule is Cc1ccc2cc(C(C)(C)CCCc3ccc(F)c(Oc4ccccc4)c3)ccc2c1. The third-order valence-electron chi connectivity index (χ3n) is 6.01. The van der Waals surface area contributed by atoms with Crippen LogP contribution in [0.1, 0.15) is 43.4 Å². The molecule has 2 heteroatoms. The maximum atomic E-state index is 14.2. The first kappa shape index (κ1) is 21.1. The van der Waals surface area contributed by atoms with Crippen molar-refractivity contribution in [3.63, 3.8) is 0 Å². The fourth-order valence-electron chi connectivity index (χ4n) is 4.06. The number of hydrogen-bond donors (Lipinski definition) is 0. The summed E-state index contributed by atoms with van der Waals surface area (Å²) in [4.78, 5) is 0. The van der Waals surface area contributed by atoms with Crippen LogP contribution >= 0.6 is 0 Å². The molecule has 0 radical (unpaired) electrons. The molecule has 0 spiro atoms. The van der Waals surface area contributed by atoms with E-state index < -0.39 is 0 Å². The summed E-state index contributed by atoms with van der Waals surface area (Å²) in [5.41, 5.74) is 3.81. The van der Waals surface area contributed by atoms with Gasteiger partial charge < -0.3 is 4.74 Å². The Kier molecular flexibility index (Phi) is 6.08. The first-order valence-electron chi connectivity index (χ1n) is 10.9. The van der Waals surface area contributed by atoms with Crippen molar-refractivity contribution in [3.05, 3.63) is 107 Å². The predicted molar refractivity (Wildman–Crippen MR) is 128 cm³/mol. The van der Waals surface area contributed by atoms with Gasteiger partial charge in [0, 0.05) is 0 Å². The number of rotatable bonds is 7. The molecule has 0 aliphatic rings. The van der Waals surface area contributed by atoms with E-state index in [-0.39, 0.29) is 17.0 Å². The lowest BCUT2D eigenvalue weighted by Gasteiger charge is -2.26. The molecule has 31 heavy (non-hydrogen) atoms. The molecule has 0 atom stereocenters. The van der Waals surface area contributed by atoms with E-state index in [0.29, 0.717) is 5.75 Å². The van der Waals surface area contributed by atoms with Gasteiger partial charge in [-0.1, -0.05) is 80.1 Å². The topological polar surface area (TPSA) is 9.23 Å². The highest BCUT2D eigenvalue weighted by molar-refractivity contribution is 5.84. The molecule has 158 valence electrons. The molecule has 0 saturated carbocycles. The van der Waals surface area contributed by atoms with Gasteiger partial charge in [-0.3, -0.25) is 0 Å². The highest BCUT2D eigenvalue weighted by Crippen LogP contribution is 2.32. The van der Waals surface area contributed by atoms with E-state index in [1.807, 2.05) is 42.5 Å². The van der Waals surface area contributed by atoms with Crippen LogP contribution in [0.4, 0.5) is 4.39 Å². The second-order valence-electron chi connectivity index (χ2n) is 8.98. The molecular formula is C29H29FO. The van der Waals surface area contributed by atoms with Gasteiger partial charge in [0.05, 0.1) is 0 Å². The van der Waals surface area contributed by atoms with E-state index in [1.165, 1.54) is 28.0 Å². The van der Waals surface area contributed by atoms with Crippen LogP contribution in [0.25, 0.3) is 10.8 Å². The molecule has 0 aromatic heterocycles. The van der Waals surface area contributed by atoms with Crippen molar-refractivity contribution in [1.82, 2.24) is 0 Å². The summed E-state index contributed by atoms with van der Waals surface area (Å²) in [6.07, 6.45) is 2.97. The predicted octanol–water partition coefficient (Wildman–Crippen LogP) is 8.38. The summed E-state index contributed by atoms with van der Waals surface area (Å²) in [6, 6.07) is 27.9. The summed E-state index contributed by atoms with van der Waals surface area (Å²) in [6.45, 7) is 6.73. The number of fused-ring (bicyclic) bond motifs is 1. The number of hydrogen-bond acceptors (Lipinski definition) is 1. The number of halogens is 1. The Morgan fingerprint density at radius 3 is 2.35 bits per heavy atom. The highest BCUT2D eigenvalue weighted by Gasteiger charge is 2.20. The van der Waals surface area contributed by atoms with E-state index in [9.17, 15) is 4.39 Å². The van der Waals surface area contributed by atoms with Crippen LogP contribution in [0.3, 0.4) is 0 Å². The third kappa shape index (κ3) is 5.14. The van der Waals surface area contributed by atoms with E-state index in [1.54, 1.807) is 0 Å². The average Bonchev–Trinajstić information content (AvgIpc) is 2.76. The van der Waals surface area contributed by atoms with Gasteiger partial charge in [0.2, 0.25) is 0 Å². The molecule has 0 aliphatic heterocycles. The third-order valence-corrected chi connectivity index (χ3v) is 6.01. The zero-order chi connectivity index (χ0) is 21.8. The molecule has 0 N–H and O–H groups in total. The number of ether oxygens (including phenoxy) is 1. The molecule has 4 rings (SSSR count). The van der Waals surface area contributed by atoms with Crippen LogP contribution in [0.5, 0.6) is 11.5 Å². The standard InChI is InChI=1S/C29H29FO/c1-21-11-13-24-20-25(15-14-23(24)18-21)29(2,3)17-7-8-22-12-16-27(30)28(19-22)31-26-9-5-4-6-10-26/h4-6,9-16,18-20H,7-8,17H2,1-3H3. The maximum Gasteiger partial charge on any atom is 0.165 e. The van der Waals surface area contributed by atoms with Crippen LogP contribution in [0, 0.1) is 12.7 Å². The quantitative estimate of drug-likeness (QED) is 0.296. The first-order chi connectivity index (χ1) is 14.9. The lowest BCUT2D eigenvalue weighted by atomic mass is 9.79. The number of aryl methyl sites for hydroxylation is 2. The van der Waals surface area contributed by atoms with Crippen molar-refractivity contribution in [3.8, 4) is 11.5 Å². The van der Waals surface area contributed by atoms with Crippen molar-refractivity contribution in [2.75, 3.05) is 0 Å². The second-order valence-corrected chi connectivity index (χ2v) is 8.98. The van der Waals surface area contributed by atoms with Crippen LogP contribution in [0.2, 0.25) is 0 Å². The van der Waals surface area contributed by atoms with Gasteiger partial charge in [0.15, 0.2) is 11.6 Å². The summed E-state index contributed by atoms with van der Waals surface area (Å²) in [5.74, 6) is 0.596. The van der Waals surface area contributed by atoms with E-state index in [0.717, 1.165) is 24.8 Å². The largest absolute Gasteiger partial charge is 0.454 e. The minimum Gasteiger partial charge on any atom is -0.454 e. The Balaban J connectivity index is 1.42. The molecule has 0 bridgehead atoms. The van der Waals surface area contributed by atoms with Crippen LogP contribution < -0.4 is 4.74 Å². The monoisotopic (exact) mass is 412 g/mol. The fourth-order valence-corrected chi connectivity index (χ4v) is 4.06. The van der Waals surface area contributed by atoms with Crippen LogP contribution in [-0.2, 0) is 11.8 Å². The number of para-hydroxylation sites is 1. The minimum atomic E-state index is -0.334. The molecule has 0 saturated heterocycles. The number of benzene rings is 4. The Morgan fingerprint density at radius 1 is 0.806 bits per heavy atom. The van der Waals surface area contributed by atoms with E-state index in [2.05, 4.69) is 57.2 Å². The van der Waals surface area contributed by atoms with Crippen molar-refractivity contribution >= 4 is 10.8 Å². The Morgan fingerprint density at radius 2 is 1.55 bits per heavy atom. The Labute approximate surface area is 184 Å². The molecule has 0 unspecified atom stereocenters. The molecular weight excluding hydrogens is 383 g/mol. The molecule has 0 heterocycles. The van der Waals surface area contributed by atoms with Crippen molar-refractivity contribution in [2.24, 2.45) is 0 Å². The van der Waals surface area contributed by atoms with Crippen molar-refractivity contribution in [1.29, 1.82) is 0 Å². The smallest absolute Gasteiger partial charge is 0.165 e. The highest BCUT2D eigenvalue weighted by atomic mass is 19.1.